The van der Waals surface area contributed by atoms with Crippen LogP contribution in [0.25, 0.3) is 0 Å². The van der Waals surface area contributed by atoms with E-state index in [1.165, 1.54) is 0 Å². The monoisotopic (exact) mass is 454 g/mol. The number of pyridine rings is 1. The molecule has 2 aliphatic rings. The maximum absolute atomic E-state index is 12.1. The molecule has 0 amide bonds. The number of carboxylic acids is 1. The highest BCUT2D eigenvalue weighted by atomic mass is 32.2. The second-order valence-electron chi connectivity index (χ2n) is 7.13. The summed E-state index contributed by atoms with van der Waals surface area (Å²) in [6.07, 6.45) is 0.939. The first-order valence-electron chi connectivity index (χ1n) is 9.40. The molecule has 1 N–H and O–H groups in total. The molecule has 1 aromatic heterocycles. The topological polar surface area (TPSA) is 106 Å². The molecule has 0 aliphatic carbocycles. The Bertz CT molecular complexity index is 806. The van der Waals surface area contributed by atoms with Gasteiger partial charge in [-0.15, -0.1) is 0 Å². The molecular formula is C18H25F3N2O6S. The number of aromatic nitrogens is 1. The largest absolute Gasteiger partial charge is 0.490 e. The molecule has 2 atom stereocenters. The predicted octanol–water partition coefficient (Wildman–Crippen LogP) is 2.20. The molecule has 0 unspecified atom stereocenters. The Morgan fingerprint density at radius 1 is 1.40 bits per heavy atom. The summed E-state index contributed by atoms with van der Waals surface area (Å²) in [5, 5.41) is 7.12. The van der Waals surface area contributed by atoms with Gasteiger partial charge in [0.05, 0.1) is 30.7 Å². The van der Waals surface area contributed by atoms with Crippen molar-refractivity contribution in [3.8, 4) is 0 Å². The summed E-state index contributed by atoms with van der Waals surface area (Å²) in [7, 11) is -3.15. The van der Waals surface area contributed by atoms with Gasteiger partial charge in [0.2, 0.25) is 10.0 Å². The number of aliphatic carboxylic acids is 1. The van der Waals surface area contributed by atoms with E-state index in [1.54, 1.807) is 23.6 Å². The van der Waals surface area contributed by atoms with E-state index in [4.69, 9.17) is 19.4 Å². The Balaban J connectivity index is 0.000000396. The van der Waals surface area contributed by atoms with Crippen molar-refractivity contribution in [2.75, 3.05) is 25.4 Å². The molecular weight excluding hydrogens is 429 g/mol. The first-order valence-corrected chi connectivity index (χ1v) is 11.0. The molecule has 0 aromatic carbocycles. The number of carboxylic acid groups (broad SMARTS) is 1. The van der Waals surface area contributed by atoms with Crippen molar-refractivity contribution in [1.29, 1.82) is 0 Å². The van der Waals surface area contributed by atoms with Crippen molar-refractivity contribution in [2.45, 2.75) is 50.7 Å². The highest BCUT2D eigenvalue weighted by Crippen LogP contribution is 2.36. The summed E-state index contributed by atoms with van der Waals surface area (Å²) in [4.78, 5) is 12.9. The fourth-order valence-electron chi connectivity index (χ4n) is 3.36. The lowest BCUT2D eigenvalue weighted by Crippen LogP contribution is -2.50. The van der Waals surface area contributed by atoms with E-state index in [1.807, 2.05) is 12.1 Å². The fraction of sp³-hybridized carbons (Fsp3) is 0.667. The lowest BCUT2D eigenvalue weighted by molar-refractivity contribution is -0.192. The van der Waals surface area contributed by atoms with Crippen LogP contribution in [0.3, 0.4) is 0 Å². The third kappa shape index (κ3) is 6.89. The van der Waals surface area contributed by atoms with Gasteiger partial charge in [-0.05, 0) is 37.5 Å². The summed E-state index contributed by atoms with van der Waals surface area (Å²) < 4.78 is 69.5. The number of hydrogen-bond acceptors (Lipinski definition) is 6. The van der Waals surface area contributed by atoms with Crippen molar-refractivity contribution in [3.63, 3.8) is 0 Å². The average Bonchev–Trinajstić information content (AvgIpc) is 3.09. The maximum atomic E-state index is 12.1. The molecule has 2 saturated heterocycles. The molecule has 2 fully saturated rings. The lowest BCUT2D eigenvalue weighted by Gasteiger charge is -2.38. The van der Waals surface area contributed by atoms with Crippen molar-refractivity contribution in [1.82, 2.24) is 9.29 Å². The number of nitrogens with zero attached hydrogens (tertiary/aromatic N) is 2. The Labute approximate surface area is 173 Å². The summed E-state index contributed by atoms with van der Waals surface area (Å²) in [6, 6.07) is 3.86. The van der Waals surface area contributed by atoms with Crippen LogP contribution in [0.5, 0.6) is 0 Å². The zero-order chi connectivity index (χ0) is 22.4. The van der Waals surface area contributed by atoms with Crippen LogP contribution in [0.4, 0.5) is 13.2 Å². The lowest BCUT2D eigenvalue weighted by atomic mass is 9.90. The molecule has 3 heterocycles. The van der Waals surface area contributed by atoms with Gasteiger partial charge in [0, 0.05) is 31.9 Å². The van der Waals surface area contributed by atoms with Gasteiger partial charge in [0.1, 0.15) is 0 Å². The average molecular weight is 454 g/mol. The van der Waals surface area contributed by atoms with Gasteiger partial charge < -0.3 is 14.6 Å². The zero-order valence-corrected chi connectivity index (χ0v) is 17.3. The van der Waals surface area contributed by atoms with Crippen LogP contribution in [-0.4, -0.2) is 72.1 Å². The van der Waals surface area contributed by atoms with Gasteiger partial charge in [0.15, 0.2) is 0 Å². The molecule has 1 spiro atoms. The van der Waals surface area contributed by atoms with Gasteiger partial charge in [0.25, 0.3) is 0 Å². The smallest absolute Gasteiger partial charge is 0.475 e. The van der Waals surface area contributed by atoms with Crippen LogP contribution < -0.4 is 0 Å². The van der Waals surface area contributed by atoms with Crippen molar-refractivity contribution >= 4 is 16.0 Å². The normalized spacial score (nSPS) is 25.0. The summed E-state index contributed by atoms with van der Waals surface area (Å²) in [5.41, 5.74) is 0.712. The van der Waals surface area contributed by atoms with Gasteiger partial charge >= 0.3 is 12.1 Å². The van der Waals surface area contributed by atoms with E-state index in [2.05, 4.69) is 4.98 Å². The van der Waals surface area contributed by atoms with Gasteiger partial charge in [-0.3, -0.25) is 4.98 Å². The minimum absolute atomic E-state index is 0.0208. The predicted molar refractivity (Wildman–Crippen MR) is 100 cm³/mol. The fourth-order valence-corrected chi connectivity index (χ4v) is 4.57. The second kappa shape index (κ2) is 10.0. The van der Waals surface area contributed by atoms with Crippen molar-refractivity contribution in [2.24, 2.45) is 0 Å². The highest BCUT2D eigenvalue weighted by Gasteiger charge is 2.46. The number of piperidine rings is 1. The minimum Gasteiger partial charge on any atom is -0.475 e. The van der Waals surface area contributed by atoms with Crippen molar-refractivity contribution in [3.05, 3.63) is 30.1 Å². The standard InChI is InChI=1S/C16H24N2O4S.C2HF3O2/c1-2-23(19,20)18-9-3-6-16(13-18)10-15(12-22-16)21-11-14-4-7-17-8-5-14;3-2(4,5)1(6)7/h4-5,7-8,15H,2-3,6,9-13H2,1H3;(H,6,7)/t15-,16+;/m1./s1. The van der Waals surface area contributed by atoms with E-state index >= 15 is 0 Å². The molecule has 0 saturated carbocycles. The molecule has 3 rings (SSSR count). The van der Waals surface area contributed by atoms with E-state index in [0.29, 0.717) is 26.3 Å². The van der Waals surface area contributed by atoms with Gasteiger partial charge in [-0.1, -0.05) is 0 Å². The number of sulfonamides is 1. The molecule has 170 valence electrons. The second-order valence-corrected chi connectivity index (χ2v) is 9.38. The number of hydrogen-bond donors (Lipinski definition) is 1. The van der Waals surface area contributed by atoms with Crippen LogP contribution in [0.1, 0.15) is 31.7 Å². The van der Waals surface area contributed by atoms with E-state index in [-0.39, 0.29) is 17.5 Å². The maximum Gasteiger partial charge on any atom is 0.490 e. The molecule has 0 bridgehead atoms. The zero-order valence-electron chi connectivity index (χ0n) is 16.5. The number of halogens is 3. The van der Waals surface area contributed by atoms with Crippen LogP contribution in [0, 0.1) is 0 Å². The van der Waals surface area contributed by atoms with E-state index in [9.17, 15) is 21.6 Å². The first kappa shape index (κ1) is 24.5. The minimum atomic E-state index is -5.08. The van der Waals surface area contributed by atoms with Gasteiger partial charge in [-0.25, -0.2) is 13.2 Å². The Morgan fingerprint density at radius 3 is 2.60 bits per heavy atom. The van der Waals surface area contributed by atoms with E-state index in [0.717, 1.165) is 24.8 Å². The summed E-state index contributed by atoms with van der Waals surface area (Å²) >= 11 is 0. The molecule has 30 heavy (non-hydrogen) atoms. The van der Waals surface area contributed by atoms with Crippen LogP contribution in [0.2, 0.25) is 0 Å². The summed E-state index contributed by atoms with van der Waals surface area (Å²) in [6.45, 7) is 3.81. The molecule has 1 aromatic rings. The Morgan fingerprint density at radius 2 is 2.03 bits per heavy atom. The molecule has 12 heteroatoms. The van der Waals surface area contributed by atoms with Crippen LogP contribution in [-0.2, 0) is 30.9 Å². The van der Waals surface area contributed by atoms with Crippen LogP contribution >= 0.6 is 0 Å². The Hall–Kier alpha value is -1.76. The molecule has 0 radical (unpaired) electrons. The number of alkyl halides is 3. The van der Waals surface area contributed by atoms with Crippen molar-refractivity contribution < 1.29 is 41.0 Å². The van der Waals surface area contributed by atoms with Crippen LogP contribution in [0.15, 0.2) is 24.5 Å². The summed E-state index contributed by atoms with van der Waals surface area (Å²) in [5.74, 6) is -2.61. The third-order valence-electron chi connectivity index (χ3n) is 4.92. The number of rotatable bonds is 5. The van der Waals surface area contributed by atoms with E-state index < -0.39 is 22.2 Å². The van der Waals surface area contributed by atoms with Gasteiger partial charge in [-0.2, -0.15) is 17.5 Å². The SMILES string of the molecule is CCS(=O)(=O)N1CCC[C@]2(C[C@@H](OCc3ccncc3)CO2)C1.O=C(O)C(F)(F)F. The molecule has 8 nitrogen and oxygen atoms in total. The number of ether oxygens (including phenoxy) is 2. The third-order valence-corrected chi connectivity index (χ3v) is 6.74. The number of carbonyl (C=O) groups is 1. The molecule has 2 aliphatic heterocycles. The first-order chi connectivity index (χ1) is 14.0. The Kier molecular flexibility index (Phi) is 8.20. The quantitative estimate of drug-likeness (QED) is 0.727. The highest BCUT2D eigenvalue weighted by molar-refractivity contribution is 7.89.